The van der Waals surface area contributed by atoms with Crippen LogP contribution in [0.4, 0.5) is 0 Å². The Morgan fingerprint density at radius 2 is 2.03 bits per heavy atom. The number of nitriles is 1. The average Bonchev–Trinajstić information content (AvgIpc) is 3.20. The lowest BCUT2D eigenvalue weighted by molar-refractivity contribution is -0.112. The first-order valence-corrected chi connectivity index (χ1v) is 11.1. The molecule has 0 radical (unpaired) electrons. The topological polar surface area (TPSA) is 106 Å². The maximum Gasteiger partial charge on any atom is 0.281 e. The fourth-order valence-electron chi connectivity index (χ4n) is 3.48. The lowest BCUT2D eigenvalue weighted by atomic mass is 10.0. The molecule has 0 saturated heterocycles. The second-order valence-corrected chi connectivity index (χ2v) is 8.37. The molecule has 2 aromatic heterocycles. The van der Waals surface area contributed by atoms with Crippen molar-refractivity contribution in [3.8, 4) is 28.7 Å². The predicted molar refractivity (Wildman–Crippen MR) is 132 cm³/mol. The zero-order valence-electron chi connectivity index (χ0n) is 18.4. The minimum atomic E-state index is -0.500. The van der Waals surface area contributed by atoms with Gasteiger partial charge in [-0.05, 0) is 36.3 Å². The summed E-state index contributed by atoms with van der Waals surface area (Å²) < 4.78 is 11.7. The molecule has 0 bridgehead atoms. The highest BCUT2D eigenvalue weighted by atomic mass is 32.1. The number of hydrogen-bond acceptors (Lipinski definition) is 7. The second-order valence-electron chi connectivity index (χ2n) is 7.17. The van der Waals surface area contributed by atoms with Crippen molar-refractivity contribution >= 4 is 33.5 Å². The first kappa shape index (κ1) is 22.8. The summed E-state index contributed by atoms with van der Waals surface area (Å²) in [6.07, 6.45) is 4.19. The Kier molecular flexibility index (Phi) is 6.71. The van der Waals surface area contributed by atoms with Gasteiger partial charge in [-0.3, -0.25) is 15.0 Å². The van der Waals surface area contributed by atoms with E-state index in [1.807, 2.05) is 43.3 Å². The maximum absolute atomic E-state index is 13.2. The lowest BCUT2D eigenvalue weighted by Crippen LogP contribution is -2.32. The van der Waals surface area contributed by atoms with E-state index in [1.165, 1.54) is 30.8 Å². The largest absolute Gasteiger partial charge is 0.493 e. The summed E-state index contributed by atoms with van der Waals surface area (Å²) in [6.45, 7) is 1.85. The van der Waals surface area contributed by atoms with Crippen LogP contribution in [0.1, 0.15) is 10.4 Å². The Balaban J connectivity index is 1.58. The van der Waals surface area contributed by atoms with Gasteiger partial charge < -0.3 is 9.47 Å². The van der Waals surface area contributed by atoms with Gasteiger partial charge in [0.1, 0.15) is 17.2 Å². The molecule has 0 saturated carbocycles. The predicted octanol–water partition coefficient (Wildman–Crippen LogP) is 4.13. The molecule has 0 aliphatic rings. The highest BCUT2D eigenvalue weighted by Gasteiger charge is 2.17. The SMILES string of the molecule is COc1cc(/C=C/C(=O)Nn2cnc3sc(C)c(-c4ccccc4)c3c2=O)ccc1OCC#N. The maximum atomic E-state index is 13.2. The van der Waals surface area contributed by atoms with Crippen LogP contribution < -0.4 is 20.5 Å². The number of carbonyl (C=O) groups is 1. The monoisotopic (exact) mass is 472 g/mol. The first-order valence-electron chi connectivity index (χ1n) is 10.2. The minimum Gasteiger partial charge on any atom is -0.493 e. The minimum absolute atomic E-state index is 0.100. The summed E-state index contributed by atoms with van der Waals surface area (Å²) in [5.41, 5.74) is 4.63. The number of rotatable bonds is 7. The highest BCUT2D eigenvalue weighted by molar-refractivity contribution is 7.19. The summed E-state index contributed by atoms with van der Waals surface area (Å²) >= 11 is 1.44. The molecule has 4 rings (SSSR count). The number of methoxy groups -OCH3 is 1. The molecule has 170 valence electrons. The van der Waals surface area contributed by atoms with Crippen LogP contribution in [0.25, 0.3) is 27.4 Å². The van der Waals surface area contributed by atoms with Crippen molar-refractivity contribution in [1.29, 1.82) is 5.26 Å². The molecule has 9 heteroatoms. The van der Waals surface area contributed by atoms with E-state index >= 15 is 0 Å². The average molecular weight is 473 g/mol. The van der Waals surface area contributed by atoms with Gasteiger partial charge in [0.15, 0.2) is 18.1 Å². The molecule has 8 nitrogen and oxygen atoms in total. The Labute approximate surface area is 199 Å². The smallest absolute Gasteiger partial charge is 0.281 e. The van der Waals surface area contributed by atoms with E-state index in [2.05, 4.69) is 10.4 Å². The van der Waals surface area contributed by atoms with Crippen LogP contribution in [0.15, 0.2) is 65.7 Å². The number of benzene rings is 2. The Bertz CT molecular complexity index is 1480. The molecule has 4 aromatic rings. The summed E-state index contributed by atoms with van der Waals surface area (Å²) in [5.74, 6) is 0.363. The molecule has 0 aliphatic heterocycles. The Hall–Kier alpha value is -4.42. The zero-order chi connectivity index (χ0) is 24.1. The van der Waals surface area contributed by atoms with Crippen LogP contribution in [0.3, 0.4) is 0 Å². The van der Waals surface area contributed by atoms with E-state index in [4.69, 9.17) is 14.7 Å². The van der Waals surface area contributed by atoms with Crippen molar-refractivity contribution in [3.63, 3.8) is 0 Å². The summed E-state index contributed by atoms with van der Waals surface area (Å²) in [6, 6.07) is 16.6. The standard InChI is InChI=1S/C25H20N4O4S/c1-16-22(18-6-4-3-5-7-18)23-24(34-16)27-15-29(25(23)31)28-21(30)11-9-17-8-10-19(33-13-12-26)20(14-17)32-2/h3-11,14-15H,13H2,1-2H3,(H,28,30)/b11-9+. The third-order valence-corrected chi connectivity index (χ3v) is 6.00. The fraction of sp³-hybridized carbons (Fsp3) is 0.120. The number of ether oxygens (including phenoxy) is 2. The number of aromatic nitrogens is 2. The lowest BCUT2D eigenvalue weighted by Gasteiger charge is -2.09. The molecule has 0 fully saturated rings. The van der Waals surface area contributed by atoms with Crippen LogP contribution in [0.2, 0.25) is 0 Å². The van der Waals surface area contributed by atoms with E-state index in [9.17, 15) is 9.59 Å². The molecule has 1 amide bonds. The molecular weight excluding hydrogens is 452 g/mol. The molecule has 0 atom stereocenters. The molecule has 0 spiro atoms. The fourth-order valence-corrected chi connectivity index (χ4v) is 4.48. The second kappa shape index (κ2) is 10.0. The van der Waals surface area contributed by atoms with Gasteiger partial charge in [-0.1, -0.05) is 36.4 Å². The van der Waals surface area contributed by atoms with E-state index in [-0.39, 0.29) is 12.2 Å². The van der Waals surface area contributed by atoms with Crippen LogP contribution in [-0.4, -0.2) is 29.3 Å². The van der Waals surface area contributed by atoms with E-state index in [0.29, 0.717) is 27.3 Å². The van der Waals surface area contributed by atoms with Gasteiger partial charge in [0.25, 0.3) is 11.5 Å². The molecule has 0 aliphatic carbocycles. The molecule has 1 N–H and O–H groups in total. The highest BCUT2D eigenvalue weighted by Crippen LogP contribution is 2.35. The van der Waals surface area contributed by atoms with Crippen molar-refractivity contribution in [1.82, 2.24) is 9.66 Å². The number of nitrogens with zero attached hydrogens (tertiary/aromatic N) is 3. The molecule has 2 aromatic carbocycles. The van der Waals surface area contributed by atoms with Crippen LogP contribution in [0, 0.1) is 18.3 Å². The van der Waals surface area contributed by atoms with Crippen molar-refractivity contribution in [2.24, 2.45) is 0 Å². The number of thiophene rings is 1. The number of aryl methyl sites for hydroxylation is 1. The molecule has 2 heterocycles. The summed E-state index contributed by atoms with van der Waals surface area (Å²) in [4.78, 5) is 31.7. The third kappa shape index (κ3) is 4.67. The number of hydrogen-bond donors (Lipinski definition) is 1. The molecule has 0 unspecified atom stereocenters. The van der Waals surface area contributed by atoms with Crippen LogP contribution >= 0.6 is 11.3 Å². The van der Waals surface area contributed by atoms with Gasteiger partial charge in [0.05, 0.1) is 12.5 Å². The van der Waals surface area contributed by atoms with Crippen LogP contribution in [0.5, 0.6) is 11.5 Å². The summed E-state index contributed by atoms with van der Waals surface area (Å²) in [5, 5.41) is 9.14. The van der Waals surface area contributed by atoms with Gasteiger partial charge in [0, 0.05) is 16.5 Å². The molecular formula is C25H20N4O4S. The van der Waals surface area contributed by atoms with E-state index < -0.39 is 5.91 Å². The van der Waals surface area contributed by atoms with Crippen LogP contribution in [-0.2, 0) is 4.79 Å². The van der Waals surface area contributed by atoms with Crippen molar-refractivity contribution < 1.29 is 14.3 Å². The van der Waals surface area contributed by atoms with Gasteiger partial charge in [0.2, 0.25) is 0 Å². The van der Waals surface area contributed by atoms with E-state index in [0.717, 1.165) is 20.7 Å². The first-order chi connectivity index (χ1) is 16.5. The Morgan fingerprint density at radius 1 is 1.24 bits per heavy atom. The Morgan fingerprint density at radius 3 is 2.76 bits per heavy atom. The summed E-state index contributed by atoms with van der Waals surface area (Å²) in [7, 11) is 1.49. The van der Waals surface area contributed by atoms with Crippen molar-refractivity contribution in [3.05, 3.63) is 81.7 Å². The van der Waals surface area contributed by atoms with Crippen molar-refractivity contribution in [2.75, 3.05) is 19.1 Å². The van der Waals surface area contributed by atoms with E-state index in [1.54, 1.807) is 24.3 Å². The third-order valence-electron chi connectivity index (χ3n) is 4.99. The van der Waals surface area contributed by atoms with Gasteiger partial charge >= 0.3 is 0 Å². The quantitative estimate of drug-likeness (QED) is 0.406. The molecule has 34 heavy (non-hydrogen) atoms. The number of amides is 1. The number of nitrogens with one attached hydrogen (secondary N) is 1. The zero-order valence-corrected chi connectivity index (χ0v) is 19.3. The van der Waals surface area contributed by atoms with Gasteiger partial charge in [-0.15, -0.1) is 11.3 Å². The normalized spacial score (nSPS) is 10.9. The number of carbonyl (C=O) groups excluding carboxylic acids is 1. The van der Waals surface area contributed by atoms with Gasteiger partial charge in [-0.25, -0.2) is 9.66 Å². The van der Waals surface area contributed by atoms with Gasteiger partial charge in [-0.2, -0.15) is 5.26 Å². The van der Waals surface area contributed by atoms with Crippen molar-refractivity contribution in [2.45, 2.75) is 6.92 Å². The number of fused-ring (bicyclic) bond motifs is 1.